The smallest absolute Gasteiger partial charge is 0.274 e. The summed E-state index contributed by atoms with van der Waals surface area (Å²) in [4.78, 5) is 32.2. The lowest BCUT2D eigenvalue weighted by Gasteiger charge is -2.31. The first-order valence-corrected chi connectivity index (χ1v) is 12.3. The number of likely N-dealkylation sites (tertiary alicyclic amines) is 1. The zero-order chi connectivity index (χ0) is 24.4. The van der Waals surface area contributed by atoms with Crippen LogP contribution in [0.15, 0.2) is 54.9 Å². The van der Waals surface area contributed by atoms with E-state index in [1.165, 1.54) is 11.1 Å². The fraction of sp³-hybridized carbons (Fsp3) is 0.393. The van der Waals surface area contributed by atoms with Crippen LogP contribution in [0.2, 0.25) is 0 Å². The standard InChI is InChI=1S/C28H32N4O3/c1-19-7-9-21(10-8-19)25-16-32-18-30-26(24(32)17-35-25)28(34)31-13-11-22(12-14-31)27(33)29-15-23-6-4-3-5-20(23)2/h3-10,18,22,25H,11-17H2,1-2H3,(H,29,33)/t25-/m1/s1. The highest BCUT2D eigenvalue weighted by Crippen LogP contribution is 2.29. The Morgan fingerprint density at radius 3 is 2.54 bits per heavy atom. The van der Waals surface area contributed by atoms with E-state index in [9.17, 15) is 9.59 Å². The van der Waals surface area contributed by atoms with Gasteiger partial charge in [-0.25, -0.2) is 4.98 Å². The van der Waals surface area contributed by atoms with Gasteiger partial charge in [-0.3, -0.25) is 9.59 Å². The number of fused-ring (bicyclic) bond motifs is 1. The molecule has 0 spiro atoms. The molecule has 182 valence electrons. The van der Waals surface area contributed by atoms with Crippen LogP contribution in [0.3, 0.4) is 0 Å². The Hall–Kier alpha value is -3.45. The molecule has 0 radical (unpaired) electrons. The first kappa shape index (κ1) is 23.3. The zero-order valence-corrected chi connectivity index (χ0v) is 20.4. The van der Waals surface area contributed by atoms with Crippen LogP contribution >= 0.6 is 0 Å². The van der Waals surface area contributed by atoms with Gasteiger partial charge in [-0.05, 0) is 43.4 Å². The number of nitrogens with one attached hydrogen (secondary N) is 1. The molecule has 0 bridgehead atoms. The summed E-state index contributed by atoms with van der Waals surface area (Å²) in [7, 11) is 0. The van der Waals surface area contributed by atoms with E-state index in [1.807, 2.05) is 40.7 Å². The second-order valence-electron chi connectivity index (χ2n) is 9.61. The topological polar surface area (TPSA) is 76.5 Å². The van der Waals surface area contributed by atoms with Crippen molar-refractivity contribution >= 4 is 11.8 Å². The van der Waals surface area contributed by atoms with E-state index in [-0.39, 0.29) is 23.8 Å². The van der Waals surface area contributed by atoms with E-state index in [1.54, 1.807) is 6.33 Å². The molecule has 1 aromatic heterocycles. The summed E-state index contributed by atoms with van der Waals surface area (Å²) in [6, 6.07) is 16.4. The molecular formula is C28H32N4O3. The van der Waals surface area contributed by atoms with Crippen LogP contribution in [-0.2, 0) is 29.2 Å². The lowest BCUT2D eigenvalue weighted by Crippen LogP contribution is -2.43. The minimum absolute atomic E-state index is 0.0471. The van der Waals surface area contributed by atoms with Crippen molar-refractivity contribution in [1.82, 2.24) is 19.8 Å². The van der Waals surface area contributed by atoms with Crippen molar-refractivity contribution < 1.29 is 14.3 Å². The van der Waals surface area contributed by atoms with Gasteiger partial charge in [0.1, 0.15) is 6.10 Å². The molecule has 0 saturated carbocycles. The molecule has 7 heteroatoms. The number of carbonyl (C=O) groups is 2. The van der Waals surface area contributed by atoms with Crippen LogP contribution in [0.5, 0.6) is 0 Å². The van der Waals surface area contributed by atoms with E-state index in [0.717, 1.165) is 16.8 Å². The third-order valence-corrected chi connectivity index (χ3v) is 7.25. The van der Waals surface area contributed by atoms with Gasteiger partial charge in [0.25, 0.3) is 5.91 Å². The highest BCUT2D eigenvalue weighted by atomic mass is 16.5. The lowest BCUT2D eigenvalue weighted by molar-refractivity contribution is -0.126. The lowest BCUT2D eigenvalue weighted by atomic mass is 9.95. The Morgan fingerprint density at radius 1 is 1.06 bits per heavy atom. The molecule has 5 rings (SSSR count). The molecule has 35 heavy (non-hydrogen) atoms. The predicted molar refractivity (Wildman–Crippen MR) is 133 cm³/mol. The summed E-state index contributed by atoms with van der Waals surface area (Å²) in [5.74, 6) is -0.0808. The van der Waals surface area contributed by atoms with Crippen molar-refractivity contribution in [2.45, 2.75) is 52.5 Å². The number of nitrogens with zero attached hydrogens (tertiary/aromatic N) is 3. The normalized spacial score (nSPS) is 18.2. The third kappa shape index (κ3) is 5.00. The maximum atomic E-state index is 13.2. The number of amides is 2. The minimum Gasteiger partial charge on any atom is -0.365 e. The van der Waals surface area contributed by atoms with Gasteiger partial charge in [0.2, 0.25) is 5.91 Å². The molecule has 1 saturated heterocycles. The van der Waals surface area contributed by atoms with Gasteiger partial charge < -0.3 is 19.5 Å². The van der Waals surface area contributed by atoms with Crippen LogP contribution in [0.25, 0.3) is 0 Å². The van der Waals surface area contributed by atoms with Crippen molar-refractivity contribution in [3.63, 3.8) is 0 Å². The summed E-state index contributed by atoms with van der Waals surface area (Å²) in [6.45, 7) is 6.77. The first-order chi connectivity index (χ1) is 17.0. The quantitative estimate of drug-likeness (QED) is 0.610. The van der Waals surface area contributed by atoms with E-state index in [2.05, 4.69) is 41.5 Å². The summed E-state index contributed by atoms with van der Waals surface area (Å²) in [6.07, 6.45) is 3.02. The van der Waals surface area contributed by atoms with Crippen molar-refractivity contribution in [3.8, 4) is 0 Å². The number of hydrogen-bond donors (Lipinski definition) is 1. The van der Waals surface area contributed by atoms with E-state index in [0.29, 0.717) is 51.3 Å². The summed E-state index contributed by atoms with van der Waals surface area (Å²) >= 11 is 0. The number of hydrogen-bond acceptors (Lipinski definition) is 4. The molecule has 1 atom stereocenters. The molecule has 0 unspecified atom stereocenters. The predicted octanol–water partition coefficient (Wildman–Crippen LogP) is 3.94. The van der Waals surface area contributed by atoms with Crippen molar-refractivity contribution in [2.75, 3.05) is 13.1 Å². The number of benzene rings is 2. The van der Waals surface area contributed by atoms with Gasteiger partial charge in [-0.1, -0.05) is 54.1 Å². The molecule has 3 aromatic rings. The van der Waals surface area contributed by atoms with Crippen LogP contribution in [0.4, 0.5) is 0 Å². The highest BCUT2D eigenvalue weighted by Gasteiger charge is 2.32. The SMILES string of the molecule is Cc1ccc([C@H]2Cn3cnc(C(=O)N4CCC(C(=O)NCc5ccccc5C)CC4)c3CO2)cc1. The van der Waals surface area contributed by atoms with Gasteiger partial charge in [0.05, 0.1) is 25.2 Å². The van der Waals surface area contributed by atoms with Crippen molar-refractivity contribution in [1.29, 1.82) is 0 Å². The Bertz CT molecular complexity index is 1210. The largest absolute Gasteiger partial charge is 0.365 e. The number of ether oxygens (including phenoxy) is 1. The average Bonchev–Trinajstić information content (AvgIpc) is 3.31. The fourth-order valence-corrected chi connectivity index (χ4v) is 4.92. The van der Waals surface area contributed by atoms with Gasteiger partial charge in [0, 0.05) is 25.6 Å². The van der Waals surface area contributed by atoms with Gasteiger partial charge in [0.15, 0.2) is 5.69 Å². The van der Waals surface area contributed by atoms with Crippen molar-refractivity contribution in [3.05, 3.63) is 88.5 Å². The summed E-state index contributed by atoms with van der Waals surface area (Å²) < 4.78 is 8.14. The minimum atomic E-state index is -0.0742. The summed E-state index contributed by atoms with van der Waals surface area (Å²) in [5.41, 5.74) is 5.95. The second-order valence-corrected chi connectivity index (χ2v) is 9.61. The molecular weight excluding hydrogens is 440 g/mol. The van der Waals surface area contributed by atoms with E-state index >= 15 is 0 Å². The molecule has 2 aliphatic heterocycles. The third-order valence-electron chi connectivity index (χ3n) is 7.25. The Morgan fingerprint density at radius 2 is 1.80 bits per heavy atom. The van der Waals surface area contributed by atoms with Crippen LogP contribution in [0, 0.1) is 19.8 Å². The number of imidazole rings is 1. The Balaban J connectivity index is 1.16. The number of aromatic nitrogens is 2. The maximum Gasteiger partial charge on any atom is 0.274 e. The molecule has 1 N–H and O–H groups in total. The number of rotatable bonds is 5. The molecule has 0 aliphatic carbocycles. The van der Waals surface area contributed by atoms with Crippen LogP contribution < -0.4 is 5.32 Å². The molecule has 2 aromatic carbocycles. The molecule has 2 aliphatic rings. The number of piperidine rings is 1. The van der Waals surface area contributed by atoms with E-state index < -0.39 is 0 Å². The van der Waals surface area contributed by atoms with Gasteiger partial charge in [-0.2, -0.15) is 0 Å². The van der Waals surface area contributed by atoms with Gasteiger partial charge >= 0.3 is 0 Å². The average molecular weight is 473 g/mol. The van der Waals surface area contributed by atoms with Crippen LogP contribution in [0.1, 0.15) is 57.4 Å². The Labute approximate surface area is 206 Å². The molecule has 3 heterocycles. The second kappa shape index (κ2) is 10.0. The summed E-state index contributed by atoms with van der Waals surface area (Å²) in [5, 5.41) is 3.07. The molecule has 2 amide bonds. The van der Waals surface area contributed by atoms with Crippen molar-refractivity contribution in [2.24, 2.45) is 5.92 Å². The van der Waals surface area contributed by atoms with Crippen LogP contribution in [-0.4, -0.2) is 39.4 Å². The number of carbonyl (C=O) groups excluding carboxylic acids is 2. The first-order valence-electron chi connectivity index (χ1n) is 12.3. The monoisotopic (exact) mass is 472 g/mol. The molecule has 1 fully saturated rings. The van der Waals surface area contributed by atoms with Gasteiger partial charge in [-0.15, -0.1) is 0 Å². The molecule has 7 nitrogen and oxygen atoms in total. The highest BCUT2D eigenvalue weighted by molar-refractivity contribution is 5.93. The zero-order valence-electron chi connectivity index (χ0n) is 20.4. The number of aryl methyl sites for hydroxylation is 2. The maximum absolute atomic E-state index is 13.2. The Kier molecular flexibility index (Phi) is 6.68. The fourth-order valence-electron chi connectivity index (χ4n) is 4.92. The van der Waals surface area contributed by atoms with E-state index in [4.69, 9.17) is 4.74 Å².